The molecule has 3 nitrogen and oxygen atoms in total. The number of hydrogen-bond donors (Lipinski definition) is 1. The molecule has 1 aromatic carbocycles. The maximum absolute atomic E-state index is 12.5. The van der Waals surface area contributed by atoms with E-state index in [1.807, 2.05) is 61.0 Å². The number of nitrogens with one attached hydrogen (secondary N) is 1. The smallest absolute Gasteiger partial charge is 0.263 e. The van der Waals surface area contributed by atoms with Gasteiger partial charge in [-0.15, -0.1) is 11.3 Å². The standard InChI is InChI=1S/C17H16N2OS2/c1-11(13-6-4-3-5-7-13)18-16(20)15-12(2)19-17(22-15)14-8-9-21-10-14/h3-11H,1-2H3,(H,18,20). The molecule has 0 fully saturated rings. The van der Waals surface area contributed by atoms with Crippen molar-refractivity contribution in [2.45, 2.75) is 19.9 Å². The van der Waals surface area contributed by atoms with Gasteiger partial charge in [-0.2, -0.15) is 11.3 Å². The molecular formula is C17H16N2OS2. The second kappa shape index (κ2) is 6.42. The highest BCUT2D eigenvalue weighted by molar-refractivity contribution is 7.17. The molecule has 1 unspecified atom stereocenters. The van der Waals surface area contributed by atoms with E-state index in [0.717, 1.165) is 21.8 Å². The van der Waals surface area contributed by atoms with Crippen LogP contribution in [0.4, 0.5) is 0 Å². The fourth-order valence-corrected chi connectivity index (χ4v) is 3.88. The molecule has 2 heterocycles. The van der Waals surface area contributed by atoms with Crippen molar-refractivity contribution in [3.8, 4) is 10.6 Å². The third kappa shape index (κ3) is 3.10. The number of amides is 1. The molecular weight excluding hydrogens is 312 g/mol. The van der Waals surface area contributed by atoms with Crippen molar-refractivity contribution < 1.29 is 4.79 Å². The second-order valence-electron chi connectivity index (χ2n) is 5.05. The number of benzene rings is 1. The van der Waals surface area contributed by atoms with E-state index in [0.29, 0.717) is 4.88 Å². The lowest BCUT2D eigenvalue weighted by Gasteiger charge is -2.13. The molecule has 0 radical (unpaired) electrons. The van der Waals surface area contributed by atoms with Gasteiger partial charge in [0.1, 0.15) is 9.88 Å². The minimum absolute atomic E-state index is 0.0280. The summed E-state index contributed by atoms with van der Waals surface area (Å²) >= 11 is 3.08. The van der Waals surface area contributed by atoms with Gasteiger partial charge in [0.15, 0.2) is 0 Å². The average molecular weight is 328 g/mol. The zero-order valence-electron chi connectivity index (χ0n) is 12.4. The summed E-state index contributed by atoms with van der Waals surface area (Å²) in [4.78, 5) is 17.7. The van der Waals surface area contributed by atoms with E-state index >= 15 is 0 Å². The Balaban J connectivity index is 1.78. The largest absolute Gasteiger partial charge is 0.345 e. The Bertz CT molecular complexity index is 763. The molecule has 0 spiro atoms. The molecule has 112 valence electrons. The SMILES string of the molecule is Cc1nc(-c2ccsc2)sc1C(=O)NC(C)c1ccccc1. The van der Waals surface area contributed by atoms with Crippen LogP contribution in [-0.4, -0.2) is 10.9 Å². The van der Waals surface area contributed by atoms with Crippen molar-refractivity contribution in [2.75, 3.05) is 0 Å². The first-order valence-corrected chi connectivity index (χ1v) is 8.77. The third-order valence-corrected chi connectivity index (χ3v) is 5.31. The van der Waals surface area contributed by atoms with Crippen LogP contribution in [-0.2, 0) is 0 Å². The second-order valence-corrected chi connectivity index (χ2v) is 6.83. The summed E-state index contributed by atoms with van der Waals surface area (Å²) in [6, 6.07) is 12.0. The molecule has 0 aliphatic heterocycles. The van der Waals surface area contributed by atoms with Crippen molar-refractivity contribution in [3.63, 3.8) is 0 Å². The monoisotopic (exact) mass is 328 g/mol. The van der Waals surface area contributed by atoms with E-state index in [9.17, 15) is 4.79 Å². The Morgan fingerprint density at radius 3 is 2.68 bits per heavy atom. The van der Waals surface area contributed by atoms with Crippen LogP contribution in [0.5, 0.6) is 0 Å². The summed E-state index contributed by atoms with van der Waals surface area (Å²) in [5.74, 6) is -0.0622. The fourth-order valence-electron chi connectivity index (χ4n) is 2.20. The third-order valence-electron chi connectivity index (χ3n) is 3.42. The van der Waals surface area contributed by atoms with Gasteiger partial charge in [0.05, 0.1) is 11.7 Å². The van der Waals surface area contributed by atoms with Crippen LogP contribution in [0.15, 0.2) is 47.2 Å². The lowest BCUT2D eigenvalue weighted by Crippen LogP contribution is -2.26. The maximum atomic E-state index is 12.5. The minimum Gasteiger partial charge on any atom is -0.345 e. The average Bonchev–Trinajstić information content (AvgIpc) is 3.17. The molecule has 0 bridgehead atoms. The topological polar surface area (TPSA) is 42.0 Å². The highest BCUT2D eigenvalue weighted by Gasteiger charge is 2.18. The molecule has 2 aromatic heterocycles. The van der Waals surface area contributed by atoms with Gasteiger partial charge in [0.25, 0.3) is 5.91 Å². The molecule has 3 aromatic rings. The Morgan fingerprint density at radius 2 is 2.00 bits per heavy atom. The quantitative estimate of drug-likeness (QED) is 0.756. The van der Waals surface area contributed by atoms with E-state index in [1.54, 1.807) is 11.3 Å². The number of carbonyl (C=O) groups is 1. The molecule has 0 aliphatic rings. The highest BCUT2D eigenvalue weighted by atomic mass is 32.1. The first-order chi connectivity index (χ1) is 10.6. The van der Waals surface area contributed by atoms with Crippen molar-refractivity contribution in [3.05, 3.63) is 63.3 Å². The molecule has 5 heteroatoms. The first kappa shape index (κ1) is 14.9. The Hall–Kier alpha value is -1.98. The molecule has 1 atom stereocenters. The number of hydrogen-bond acceptors (Lipinski definition) is 4. The van der Waals surface area contributed by atoms with E-state index in [2.05, 4.69) is 10.3 Å². The normalized spacial score (nSPS) is 12.1. The molecule has 1 N–H and O–H groups in total. The van der Waals surface area contributed by atoms with E-state index < -0.39 is 0 Å². The summed E-state index contributed by atoms with van der Waals surface area (Å²) in [6.45, 7) is 3.87. The Morgan fingerprint density at radius 1 is 1.23 bits per heavy atom. The summed E-state index contributed by atoms with van der Waals surface area (Å²) in [7, 11) is 0. The van der Waals surface area contributed by atoms with Gasteiger partial charge in [-0.25, -0.2) is 4.98 Å². The van der Waals surface area contributed by atoms with Gasteiger partial charge in [-0.3, -0.25) is 4.79 Å². The predicted molar refractivity (Wildman–Crippen MR) is 92.5 cm³/mol. The van der Waals surface area contributed by atoms with Crippen LogP contribution in [0.25, 0.3) is 10.6 Å². The summed E-state index contributed by atoms with van der Waals surface area (Å²) in [5, 5.41) is 8.01. The van der Waals surface area contributed by atoms with Gasteiger partial charge in [0, 0.05) is 10.9 Å². The zero-order chi connectivity index (χ0) is 15.5. The molecule has 3 rings (SSSR count). The molecule has 0 aliphatic carbocycles. The highest BCUT2D eigenvalue weighted by Crippen LogP contribution is 2.29. The van der Waals surface area contributed by atoms with Crippen molar-refractivity contribution >= 4 is 28.6 Å². The summed E-state index contributed by atoms with van der Waals surface area (Å²) in [6.07, 6.45) is 0. The van der Waals surface area contributed by atoms with Crippen LogP contribution < -0.4 is 5.32 Å². The Kier molecular flexibility index (Phi) is 4.36. The van der Waals surface area contributed by atoms with Crippen LogP contribution in [0, 0.1) is 6.92 Å². The number of nitrogens with zero attached hydrogens (tertiary/aromatic N) is 1. The van der Waals surface area contributed by atoms with E-state index in [4.69, 9.17) is 0 Å². The maximum Gasteiger partial charge on any atom is 0.263 e. The molecule has 0 saturated heterocycles. The Labute approximate surface area is 137 Å². The lowest BCUT2D eigenvalue weighted by molar-refractivity contribution is 0.0943. The van der Waals surface area contributed by atoms with Gasteiger partial charge >= 0.3 is 0 Å². The van der Waals surface area contributed by atoms with E-state index in [1.165, 1.54) is 11.3 Å². The number of thiazole rings is 1. The van der Waals surface area contributed by atoms with Crippen LogP contribution in [0.2, 0.25) is 0 Å². The number of carbonyl (C=O) groups excluding carboxylic acids is 1. The number of thiophene rings is 1. The van der Waals surface area contributed by atoms with Gasteiger partial charge in [0.2, 0.25) is 0 Å². The van der Waals surface area contributed by atoms with Crippen LogP contribution in [0.3, 0.4) is 0 Å². The van der Waals surface area contributed by atoms with Crippen molar-refractivity contribution in [2.24, 2.45) is 0 Å². The lowest BCUT2D eigenvalue weighted by atomic mass is 10.1. The fraction of sp³-hybridized carbons (Fsp3) is 0.176. The van der Waals surface area contributed by atoms with Gasteiger partial charge in [-0.1, -0.05) is 30.3 Å². The van der Waals surface area contributed by atoms with Crippen molar-refractivity contribution in [1.29, 1.82) is 0 Å². The molecule has 1 amide bonds. The molecule has 0 saturated carbocycles. The van der Waals surface area contributed by atoms with Crippen LogP contribution in [0.1, 0.15) is 33.9 Å². The number of aryl methyl sites for hydroxylation is 1. The number of aromatic nitrogens is 1. The van der Waals surface area contributed by atoms with Gasteiger partial charge < -0.3 is 5.32 Å². The van der Waals surface area contributed by atoms with E-state index in [-0.39, 0.29) is 11.9 Å². The molecule has 22 heavy (non-hydrogen) atoms. The first-order valence-electron chi connectivity index (χ1n) is 7.01. The summed E-state index contributed by atoms with van der Waals surface area (Å²) < 4.78 is 0. The van der Waals surface area contributed by atoms with Crippen LogP contribution >= 0.6 is 22.7 Å². The van der Waals surface area contributed by atoms with Crippen molar-refractivity contribution in [1.82, 2.24) is 10.3 Å². The summed E-state index contributed by atoms with van der Waals surface area (Å²) in [5.41, 5.74) is 2.95. The number of rotatable bonds is 4. The van der Waals surface area contributed by atoms with Gasteiger partial charge in [-0.05, 0) is 30.9 Å². The zero-order valence-corrected chi connectivity index (χ0v) is 14.0. The predicted octanol–water partition coefficient (Wildman–Crippen LogP) is 4.67. The minimum atomic E-state index is -0.0622.